The van der Waals surface area contributed by atoms with E-state index < -0.39 is 0 Å². The van der Waals surface area contributed by atoms with Crippen LogP contribution in [0, 0.1) is 5.92 Å². The maximum absolute atomic E-state index is 10.9. The molecule has 1 atom stereocenters. The molecule has 3 rings (SSSR count). The fraction of sp³-hybridized carbons (Fsp3) is 0.667. The standard InChI is InChI=1S/C18H26O/c19-17(12-11-15-9-10-15)18(13-5-2-6-14-18)16-7-3-1-4-8-16/h1,3-4,7-8,15,17,19H,2,5-6,9-14H2. The van der Waals surface area contributed by atoms with Crippen LogP contribution in [0.2, 0.25) is 0 Å². The minimum absolute atomic E-state index is 0.0500. The molecule has 2 aliphatic carbocycles. The number of rotatable bonds is 5. The number of hydrogen-bond acceptors (Lipinski definition) is 1. The molecule has 104 valence electrons. The average Bonchev–Trinajstić information content (AvgIpc) is 3.30. The highest BCUT2D eigenvalue weighted by Crippen LogP contribution is 2.45. The van der Waals surface area contributed by atoms with E-state index >= 15 is 0 Å². The monoisotopic (exact) mass is 258 g/mol. The van der Waals surface area contributed by atoms with Crippen molar-refractivity contribution in [2.75, 3.05) is 0 Å². The zero-order valence-corrected chi connectivity index (χ0v) is 11.9. The van der Waals surface area contributed by atoms with E-state index in [0.29, 0.717) is 0 Å². The quantitative estimate of drug-likeness (QED) is 0.828. The molecule has 1 unspecified atom stereocenters. The lowest BCUT2D eigenvalue weighted by molar-refractivity contribution is 0.0442. The molecule has 0 radical (unpaired) electrons. The number of hydrogen-bond donors (Lipinski definition) is 1. The molecular formula is C18H26O. The Morgan fingerprint density at radius 3 is 2.37 bits per heavy atom. The molecule has 0 spiro atoms. The van der Waals surface area contributed by atoms with Crippen LogP contribution in [0.5, 0.6) is 0 Å². The molecular weight excluding hydrogens is 232 g/mol. The highest BCUT2D eigenvalue weighted by Gasteiger charge is 2.40. The molecule has 2 fully saturated rings. The van der Waals surface area contributed by atoms with Crippen molar-refractivity contribution in [3.05, 3.63) is 35.9 Å². The van der Waals surface area contributed by atoms with E-state index in [1.807, 2.05) is 0 Å². The van der Waals surface area contributed by atoms with Crippen molar-refractivity contribution in [1.82, 2.24) is 0 Å². The van der Waals surface area contributed by atoms with Crippen molar-refractivity contribution in [1.29, 1.82) is 0 Å². The van der Waals surface area contributed by atoms with E-state index in [-0.39, 0.29) is 11.5 Å². The van der Waals surface area contributed by atoms with Crippen LogP contribution in [0.4, 0.5) is 0 Å². The topological polar surface area (TPSA) is 20.2 Å². The van der Waals surface area contributed by atoms with Gasteiger partial charge in [-0.05, 0) is 37.2 Å². The van der Waals surface area contributed by atoms with Gasteiger partial charge in [0, 0.05) is 5.41 Å². The van der Waals surface area contributed by atoms with E-state index in [1.54, 1.807) is 0 Å². The molecule has 1 aromatic rings. The van der Waals surface area contributed by atoms with E-state index in [9.17, 15) is 5.11 Å². The van der Waals surface area contributed by atoms with Crippen molar-refractivity contribution in [2.45, 2.75) is 69.3 Å². The second-order valence-electron chi connectivity index (χ2n) is 6.62. The van der Waals surface area contributed by atoms with Gasteiger partial charge in [0.2, 0.25) is 0 Å². The predicted octanol–water partition coefficient (Wildman–Crippen LogP) is 4.44. The molecule has 2 saturated carbocycles. The molecule has 1 nitrogen and oxygen atoms in total. The van der Waals surface area contributed by atoms with E-state index in [1.165, 1.54) is 56.9 Å². The lowest BCUT2D eigenvalue weighted by atomic mass is 9.65. The summed E-state index contributed by atoms with van der Waals surface area (Å²) < 4.78 is 0. The summed E-state index contributed by atoms with van der Waals surface area (Å²) in [6.45, 7) is 0. The maximum Gasteiger partial charge on any atom is 0.0636 e. The average molecular weight is 258 g/mol. The van der Waals surface area contributed by atoms with Gasteiger partial charge in [0.25, 0.3) is 0 Å². The second kappa shape index (κ2) is 5.66. The van der Waals surface area contributed by atoms with E-state index in [4.69, 9.17) is 0 Å². The van der Waals surface area contributed by atoms with Crippen molar-refractivity contribution in [3.8, 4) is 0 Å². The van der Waals surface area contributed by atoms with E-state index in [0.717, 1.165) is 12.3 Å². The number of benzene rings is 1. The van der Waals surface area contributed by atoms with Gasteiger partial charge < -0.3 is 5.11 Å². The summed E-state index contributed by atoms with van der Waals surface area (Å²) in [5, 5.41) is 10.9. The van der Waals surface area contributed by atoms with Gasteiger partial charge in [-0.15, -0.1) is 0 Å². The molecule has 1 N–H and O–H groups in total. The minimum atomic E-state index is -0.143. The minimum Gasteiger partial charge on any atom is -0.392 e. The SMILES string of the molecule is OC(CCC1CC1)C1(c2ccccc2)CCCCC1. The molecule has 1 aromatic carbocycles. The van der Waals surface area contributed by atoms with Crippen LogP contribution in [0.25, 0.3) is 0 Å². The van der Waals surface area contributed by atoms with Crippen molar-refractivity contribution < 1.29 is 5.11 Å². The first-order valence-corrected chi connectivity index (χ1v) is 8.05. The highest BCUT2D eigenvalue weighted by molar-refractivity contribution is 5.27. The Kier molecular flexibility index (Phi) is 3.93. The molecule has 19 heavy (non-hydrogen) atoms. The maximum atomic E-state index is 10.9. The normalized spacial score (nSPS) is 24.1. The van der Waals surface area contributed by atoms with Gasteiger partial charge in [0.05, 0.1) is 6.10 Å². The van der Waals surface area contributed by atoms with Gasteiger partial charge in [-0.1, -0.05) is 62.4 Å². The largest absolute Gasteiger partial charge is 0.392 e. The predicted molar refractivity (Wildman–Crippen MR) is 79.2 cm³/mol. The Hall–Kier alpha value is -0.820. The molecule has 0 bridgehead atoms. The van der Waals surface area contributed by atoms with E-state index in [2.05, 4.69) is 30.3 Å². The smallest absolute Gasteiger partial charge is 0.0636 e. The zero-order valence-electron chi connectivity index (χ0n) is 11.9. The second-order valence-corrected chi connectivity index (χ2v) is 6.62. The van der Waals surface area contributed by atoms with Gasteiger partial charge in [0.1, 0.15) is 0 Å². The molecule has 0 aromatic heterocycles. The number of aliphatic hydroxyl groups excluding tert-OH is 1. The first-order valence-electron chi connectivity index (χ1n) is 8.05. The Labute approximate surface area is 117 Å². The van der Waals surface area contributed by atoms with Crippen LogP contribution >= 0.6 is 0 Å². The third-order valence-electron chi connectivity index (χ3n) is 5.28. The summed E-state index contributed by atoms with van der Waals surface area (Å²) in [7, 11) is 0. The molecule has 0 amide bonds. The Balaban J connectivity index is 1.78. The number of aliphatic hydroxyl groups is 1. The van der Waals surface area contributed by atoms with Crippen LogP contribution in [0.15, 0.2) is 30.3 Å². The van der Waals surface area contributed by atoms with Crippen LogP contribution < -0.4 is 0 Å². The van der Waals surface area contributed by atoms with Gasteiger partial charge in [-0.25, -0.2) is 0 Å². The summed E-state index contributed by atoms with van der Waals surface area (Å²) in [5.41, 5.74) is 1.42. The lowest BCUT2D eigenvalue weighted by Crippen LogP contribution is -2.41. The van der Waals surface area contributed by atoms with Crippen molar-refractivity contribution in [3.63, 3.8) is 0 Å². The third-order valence-corrected chi connectivity index (χ3v) is 5.28. The van der Waals surface area contributed by atoms with Crippen LogP contribution in [-0.2, 0) is 5.41 Å². The molecule has 0 aliphatic heterocycles. The Morgan fingerprint density at radius 1 is 1.05 bits per heavy atom. The van der Waals surface area contributed by atoms with Gasteiger partial charge in [0.15, 0.2) is 0 Å². The first kappa shape index (κ1) is 13.2. The fourth-order valence-corrected chi connectivity index (χ4v) is 3.84. The van der Waals surface area contributed by atoms with Crippen molar-refractivity contribution >= 4 is 0 Å². The lowest BCUT2D eigenvalue weighted by Gasteiger charge is -2.42. The summed E-state index contributed by atoms with van der Waals surface area (Å²) >= 11 is 0. The Morgan fingerprint density at radius 2 is 1.74 bits per heavy atom. The Bertz CT molecular complexity index is 387. The van der Waals surface area contributed by atoms with Crippen molar-refractivity contribution in [2.24, 2.45) is 5.92 Å². The summed E-state index contributed by atoms with van der Waals surface area (Å²) in [5.74, 6) is 0.922. The van der Waals surface area contributed by atoms with Gasteiger partial charge in [-0.3, -0.25) is 0 Å². The highest BCUT2D eigenvalue weighted by atomic mass is 16.3. The first-order chi connectivity index (χ1) is 9.31. The zero-order chi connectivity index (χ0) is 13.1. The molecule has 1 heteroatoms. The van der Waals surface area contributed by atoms with Gasteiger partial charge in [-0.2, -0.15) is 0 Å². The molecule has 2 aliphatic rings. The summed E-state index contributed by atoms with van der Waals surface area (Å²) in [6, 6.07) is 10.8. The third kappa shape index (κ3) is 2.86. The van der Waals surface area contributed by atoms with Crippen LogP contribution in [0.3, 0.4) is 0 Å². The van der Waals surface area contributed by atoms with Gasteiger partial charge >= 0.3 is 0 Å². The van der Waals surface area contributed by atoms with Crippen LogP contribution in [0.1, 0.15) is 63.4 Å². The fourth-order valence-electron chi connectivity index (χ4n) is 3.84. The van der Waals surface area contributed by atoms with Crippen LogP contribution in [-0.4, -0.2) is 11.2 Å². The molecule has 0 saturated heterocycles. The summed E-state index contributed by atoms with van der Waals surface area (Å²) in [6.07, 6.45) is 11.1. The summed E-state index contributed by atoms with van der Waals surface area (Å²) in [4.78, 5) is 0. The molecule has 0 heterocycles.